The molecule has 0 aliphatic rings. The van der Waals surface area contributed by atoms with E-state index in [-0.39, 0.29) is 18.3 Å². The van der Waals surface area contributed by atoms with Crippen molar-refractivity contribution in [1.82, 2.24) is 19.7 Å². The molecule has 0 saturated heterocycles. The topological polar surface area (TPSA) is 108 Å². The Morgan fingerprint density at radius 3 is 2.71 bits per heavy atom. The van der Waals surface area contributed by atoms with Crippen molar-refractivity contribution in [3.63, 3.8) is 0 Å². The van der Waals surface area contributed by atoms with Gasteiger partial charge < -0.3 is 20.8 Å². The van der Waals surface area contributed by atoms with Gasteiger partial charge in [0.2, 0.25) is 5.95 Å². The molecule has 0 radical (unpaired) electrons. The molecule has 1 atom stereocenters. The first kappa shape index (κ1) is 20.9. The van der Waals surface area contributed by atoms with Gasteiger partial charge in [-0.3, -0.25) is 0 Å². The third-order valence-electron chi connectivity index (χ3n) is 4.91. The molecule has 160 valence electrons. The van der Waals surface area contributed by atoms with Crippen LogP contribution in [0.5, 0.6) is 5.75 Å². The Morgan fingerprint density at radius 1 is 1.13 bits per heavy atom. The number of aromatic nitrogens is 4. The van der Waals surface area contributed by atoms with Crippen LogP contribution in [0.3, 0.4) is 0 Å². The molecule has 0 saturated carbocycles. The molecule has 4 N–H and O–H groups in total. The lowest BCUT2D eigenvalue weighted by molar-refractivity contribution is 0.311. The average Bonchev–Trinajstić information content (AvgIpc) is 3.18. The SMILES string of the molecule is CC(Cn1ncc2c(Nc3cc(O)ccc3Cl)nc(NCCO)nc21)c1ccccc1. The van der Waals surface area contributed by atoms with Gasteiger partial charge in [0, 0.05) is 25.1 Å². The van der Waals surface area contributed by atoms with Crippen LogP contribution in [0.15, 0.2) is 54.7 Å². The minimum Gasteiger partial charge on any atom is -0.508 e. The number of phenolic OH excluding ortho intramolecular Hbond substituents is 1. The molecule has 2 aromatic heterocycles. The fourth-order valence-electron chi connectivity index (χ4n) is 3.31. The zero-order valence-electron chi connectivity index (χ0n) is 17.0. The Balaban J connectivity index is 1.72. The highest BCUT2D eigenvalue weighted by molar-refractivity contribution is 6.33. The van der Waals surface area contributed by atoms with E-state index in [0.29, 0.717) is 46.6 Å². The van der Waals surface area contributed by atoms with Crippen molar-refractivity contribution in [2.75, 3.05) is 23.8 Å². The number of phenols is 1. The summed E-state index contributed by atoms with van der Waals surface area (Å²) in [6.07, 6.45) is 1.71. The summed E-state index contributed by atoms with van der Waals surface area (Å²) in [5.41, 5.74) is 2.38. The largest absolute Gasteiger partial charge is 0.508 e. The Labute approximate surface area is 184 Å². The van der Waals surface area contributed by atoms with E-state index in [1.807, 2.05) is 22.9 Å². The third kappa shape index (κ3) is 4.70. The van der Waals surface area contributed by atoms with Gasteiger partial charge in [-0.2, -0.15) is 15.1 Å². The summed E-state index contributed by atoms with van der Waals surface area (Å²) in [7, 11) is 0. The Hall–Kier alpha value is -3.36. The van der Waals surface area contributed by atoms with Crippen LogP contribution in [0.25, 0.3) is 11.0 Å². The highest BCUT2D eigenvalue weighted by atomic mass is 35.5. The Kier molecular flexibility index (Phi) is 6.20. The highest BCUT2D eigenvalue weighted by Gasteiger charge is 2.16. The monoisotopic (exact) mass is 438 g/mol. The number of rotatable bonds is 8. The molecule has 31 heavy (non-hydrogen) atoms. The molecule has 0 fully saturated rings. The summed E-state index contributed by atoms with van der Waals surface area (Å²) in [5, 5.41) is 30.9. The summed E-state index contributed by atoms with van der Waals surface area (Å²) in [5.74, 6) is 1.17. The number of hydrogen-bond donors (Lipinski definition) is 4. The number of nitrogens with zero attached hydrogens (tertiary/aromatic N) is 4. The van der Waals surface area contributed by atoms with Gasteiger partial charge in [0.15, 0.2) is 5.65 Å². The second kappa shape index (κ2) is 9.20. The summed E-state index contributed by atoms with van der Waals surface area (Å²) in [6.45, 7) is 3.04. The number of aliphatic hydroxyl groups is 1. The zero-order valence-corrected chi connectivity index (χ0v) is 17.7. The fourth-order valence-corrected chi connectivity index (χ4v) is 3.48. The van der Waals surface area contributed by atoms with Gasteiger partial charge >= 0.3 is 0 Å². The van der Waals surface area contributed by atoms with Gasteiger partial charge in [-0.15, -0.1) is 0 Å². The maximum absolute atomic E-state index is 9.82. The first-order valence-corrected chi connectivity index (χ1v) is 10.3. The molecule has 0 spiro atoms. The van der Waals surface area contributed by atoms with Crippen LogP contribution in [0.1, 0.15) is 18.4 Å². The lowest BCUT2D eigenvalue weighted by Crippen LogP contribution is -2.12. The van der Waals surface area contributed by atoms with E-state index < -0.39 is 0 Å². The van der Waals surface area contributed by atoms with E-state index in [1.54, 1.807) is 12.3 Å². The quantitative estimate of drug-likeness (QED) is 0.327. The van der Waals surface area contributed by atoms with Crippen LogP contribution >= 0.6 is 11.6 Å². The molecule has 0 aliphatic heterocycles. The van der Waals surface area contributed by atoms with Gasteiger partial charge in [0.25, 0.3) is 0 Å². The van der Waals surface area contributed by atoms with E-state index >= 15 is 0 Å². The summed E-state index contributed by atoms with van der Waals surface area (Å²) in [4.78, 5) is 9.12. The molecule has 0 bridgehead atoms. The first-order chi connectivity index (χ1) is 15.0. The van der Waals surface area contributed by atoms with Crippen molar-refractivity contribution in [1.29, 1.82) is 0 Å². The number of halogens is 1. The average molecular weight is 439 g/mol. The molecule has 1 unspecified atom stereocenters. The van der Waals surface area contributed by atoms with Crippen molar-refractivity contribution in [2.24, 2.45) is 0 Å². The second-order valence-electron chi connectivity index (χ2n) is 7.21. The fraction of sp³-hybridized carbons (Fsp3) is 0.227. The van der Waals surface area contributed by atoms with Crippen LogP contribution < -0.4 is 10.6 Å². The number of aliphatic hydroxyl groups excluding tert-OH is 1. The Bertz CT molecular complexity index is 1180. The number of nitrogens with one attached hydrogen (secondary N) is 2. The van der Waals surface area contributed by atoms with E-state index in [0.717, 1.165) is 0 Å². The van der Waals surface area contributed by atoms with Crippen LogP contribution in [0, 0.1) is 0 Å². The van der Waals surface area contributed by atoms with Gasteiger partial charge in [-0.25, -0.2) is 4.68 Å². The van der Waals surface area contributed by atoms with Crippen LogP contribution in [-0.2, 0) is 6.54 Å². The van der Waals surface area contributed by atoms with E-state index in [9.17, 15) is 10.2 Å². The number of fused-ring (bicyclic) bond motifs is 1. The van der Waals surface area contributed by atoms with Crippen LogP contribution in [-0.4, -0.2) is 43.1 Å². The molecule has 0 amide bonds. The normalized spacial score (nSPS) is 12.1. The predicted molar refractivity (Wildman–Crippen MR) is 122 cm³/mol. The molecule has 8 nitrogen and oxygen atoms in total. The molecule has 2 heterocycles. The molecule has 4 aromatic rings. The molecule has 2 aromatic carbocycles. The standard InChI is InChI=1S/C22H23ClN6O2/c1-14(15-5-3-2-4-6-15)13-29-21-17(12-25-29)20(27-22(28-21)24-9-10-30)26-19-11-16(31)7-8-18(19)23/h2-8,11-12,14,30-31H,9-10,13H2,1H3,(H2,24,26,27,28). The lowest BCUT2D eigenvalue weighted by atomic mass is 10.0. The Morgan fingerprint density at radius 2 is 1.94 bits per heavy atom. The highest BCUT2D eigenvalue weighted by Crippen LogP contribution is 2.32. The zero-order chi connectivity index (χ0) is 21.8. The van der Waals surface area contributed by atoms with Crippen LogP contribution in [0.2, 0.25) is 5.02 Å². The van der Waals surface area contributed by atoms with E-state index in [2.05, 4.69) is 44.8 Å². The number of benzene rings is 2. The van der Waals surface area contributed by atoms with Crippen molar-refractivity contribution < 1.29 is 10.2 Å². The van der Waals surface area contributed by atoms with Crippen molar-refractivity contribution >= 4 is 40.1 Å². The number of aromatic hydroxyl groups is 1. The predicted octanol–water partition coefficient (Wildman–Crippen LogP) is 4.14. The minimum absolute atomic E-state index is 0.0488. The maximum atomic E-state index is 9.82. The van der Waals surface area contributed by atoms with Crippen molar-refractivity contribution in [2.45, 2.75) is 19.4 Å². The summed E-state index contributed by atoms with van der Waals surface area (Å²) >= 11 is 6.28. The summed E-state index contributed by atoms with van der Waals surface area (Å²) in [6, 6.07) is 14.9. The maximum Gasteiger partial charge on any atom is 0.226 e. The van der Waals surface area contributed by atoms with Gasteiger partial charge in [0.05, 0.1) is 28.9 Å². The van der Waals surface area contributed by atoms with Crippen molar-refractivity contribution in [3.8, 4) is 5.75 Å². The second-order valence-corrected chi connectivity index (χ2v) is 7.62. The van der Waals surface area contributed by atoms with Gasteiger partial charge in [-0.1, -0.05) is 48.9 Å². The van der Waals surface area contributed by atoms with E-state index in [1.165, 1.54) is 17.7 Å². The van der Waals surface area contributed by atoms with Crippen LogP contribution in [0.4, 0.5) is 17.5 Å². The van der Waals surface area contributed by atoms with Gasteiger partial charge in [-0.05, 0) is 17.7 Å². The van der Waals surface area contributed by atoms with Gasteiger partial charge in [0.1, 0.15) is 11.6 Å². The molecular formula is C22H23ClN6O2. The molecule has 0 aliphatic carbocycles. The number of hydrogen-bond acceptors (Lipinski definition) is 7. The molecule has 9 heteroatoms. The lowest BCUT2D eigenvalue weighted by Gasteiger charge is -2.14. The molecule has 4 rings (SSSR count). The smallest absolute Gasteiger partial charge is 0.226 e. The minimum atomic E-state index is -0.0488. The third-order valence-corrected chi connectivity index (χ3v) is 5.24. The number of anilines is 3. The first-order valence-electron chi connectivity index (χ1n) is 9.94. The van der Waals surface area contributed by atoms with E-state index in [4.69, 9.17) is 11.6 Å². The summed E-state index contributed by atoms with van der Waals surface area (Å²) < 4.78 is 1.84. The van der Waals surface area contributed by atoms with Crippen molar-refractivity contribution in [3.05, 3.63) is 65.3 Å². The molecular weight excluding hydrogens is 416 g/mol.